The molecular formula is C19H26F3N5. The number of aliphatic imine (C=N–C) groups is 1. The highest BCUT2D eigenvalue weighted by Crippen LogP contribution is 2.30. The number of hydrogen-bond donors (Lipinski definition) is 2. The van der Waals surface area contributed by atoms with Crippen molar-refractivity contribution in [3.05, 3.63) is 52.3 Å². The first-order chi connectivity index (χ1) is 12.7. The first-order valence-electron chi connectivity index (χ1n) is 8.88. The van der Waals surface area contributed by atoms with Gasteiger partial charge in [-0.15, -0.1) is 0 Å². The summed E-state index contributed by atoms with van der Waals surface area (Å²) < 4.78 is 40.3. The SMILES string of the molecule is CCNC(=NCc1cn(C)nc1C(F)(F)F)NCCc1cc(C)cc(C)c1. The van der Waals surface area contributed by atoms with Gasteiger partial charge in [-0.05, 0) is 32.8 Å². The fourth-order valence-electron chi connectivity index (χ4n) is 2.94. The number of rotatable bonds is 6. The number of nitrogens with one attached hydrogen (secondary N) is 2. The van der Waals surface area contributed by atoms with E-state index in [9.17, 15) is 13.2 Å². The molecule has 1 aromatic heterocycles. The molecule has 0 aliphatic heterocycles. The summed E-state index contributed by atoms with van der Waals surface area (Å²) >= 11 is 0. The van der Waals surface area contributed by atoms with Crippen molar-refractivity contribution < 1.29 is 13.2 Å². The minimum absolute atomic E-state index is 0.0523. The number of benzene rings is 1. The second kappa shape index (κ2) is 8.92. The van der Waals surface area contributed by atoms with Gasteiger partial charge in [-0.3, -0.25) is 4.68 Å². The normalized spacial score (nSPS) is 12.3. The Kier molecular flexibility index (Phi) is 6.87. The van der Waals surface area contributed by atoms with Gasteiger partial charge in [-0.1, -0.05) is 29.3 Å². The number of hydrogen-bond acceptors (Lipinski definition) is 2. The number of aryl methyl sites for hydroxylation is 3. The van der Waals surface area contributed by atoms with Gasteiger partial charge in [0.25, 0.3) is 0 Å². The van der Waals surface area contributed by atoms with E-state index in [2.05, 4.69) is 52.8 Å². The molecule has 0 amide bonds. The van der Waals surface area contributed by atoms with Gasteiger partial charge in [0.05, 0.1) is 6.54 Å². The van der Waals surface area contributed by atoms with Crippen molar-refractivity contribution in [2.45, 2.75) is 39.9 Å². The van der Waals surface area contributed by atoms with Crippen LogP contribution in [0.15, 0.2) is 29.4 Å². The number of halogens is 3. The van der Waals surface area contributed by atoms with E-state index in [1.807, 2.05) is 6.92 Å². The van der Waals surface area contributed by atoms with Crippen molar-refractivity contribution in [1.82, 2.24) is 20.4 Å². The molecule has 2 rings (SSSR count). The van der Waals surface area contributed by atoms with Gasteiger partial charge in [0, 0.05) is 31.9 Å². The van der Waals surface area contributed by atoms with Crippen molar-refractivity contribution in [2.75, 3.05) is 13.1 Å². The molecule has 1 heterocycles. The third-order valence-corrected chi connectivity index (χ3v) is 3.91. The summed E-state index contributed by atoms with van der Waals surface area (Å²) in [6.45, 7) is 7.18. The Labute approximate surface area is 157 Å². The largest absolute Gasteiger partial charge is 0.435 e. The van der Waals surface area contributed by atoms with Gasteiger partial charge in [-0.2, -0.15) is 18.3 Å². The van der Waals surface area contributed by atoms with Crippen molar-refractivity contribution in [2.24, 2.45) is 12.0 Å². The van der Waals surface area contributed by atoms with E-state index in [4.69, 9.17) is 0 Å². The summed E-state index contributed by atoms with van der Waals surface area (Å²) in [5.74, 6) is 0.485. The van der Waals surface area contributed by atoms with E-state index in [0.29, 0.717) is 19.0 Å². The highest BCUT2D eigenvalue weighted by atomic mass is 19.4. The van der Waals surface area contributed by atoms with Crippen molar-refractivity contribution in [3.63, 3.8) is 0 Å². The molecule has 2 aromatic rings. The second-order valence-corrected chi connectivity index (χ2v) is 6.54. The predicted molar refractivity (Wildman–Crippen MR) is 101 cm³/mol. The van der Waals surface area contributed by atoms with Gasteiger partial charge in [0.15, 0.2) is 11.7 Å². The zero-order chi connectivity index (χ0) is 20.0. The number of guanidine groups is 1. The molecule has 0 radical (unpaired) electrons. The molecule has 8 heteroatoms. The lowest BCUT2D eigenvalue weighted by Gasteiger charge is -2.12. The maximum atomic E-state index is 13.0. The topological polar surface area (TPSA) is 54.2 Å². The number of alkyl halides is 3. The summed E-state index contributed by atoms with van der Waals surface area (Å²) in [6, 6.07) is 6.38. The summed E-state index contributed by atoms with van der Waals surface area (Å²) in [7, 11) is 1.47. The molecule has 5 nitrogen and oxygen atoms in total. The van der Waals surface area contributed by atoms with Crippen LogP contribution in [0.2, 0.25) is 0 Å². The van der Waals surface area contributed by atoms with Crippen LogP contribution in [-0.2, 0) is 26.2 Å². The molecule has 0 aliphatic rings. The van der Waals surface area contributed by atoms with Crippen molar-refractivity contribution in [1.29, 1.82) is 0 Å². The van der Waals surface area contributed by atoms with Gasteiger partial charge < -0.3 is 10.6 Å². The quantitative estimate of drug-likeness (QED) is 0.596. The lowest BCUT2D eigenvalue weighted by molar-refractivity contribution is -0.142. The smallest absolute Gasteiger partial charge is 0.357 e. The third kappa shape index (κ3) is 6.30. The third-order valence-electron chi connectivity index (χ3n) is 3.91. The monoisotopic (exact) mass is 381 g/mol. The van der Waals surface area contributed by atoms with Crippen LogP contribution in [0.25, 0.3) is 0 Å². The Morgan fingerprint density at radius 1 is 1.15 bits per heavy atom. The van der Waals surface area contributed by atoms with Gasteiger partial charge in [0.1, 0.15) is 0 Å². The Hall–Kier alpha value is -2.51. The van der Waals surface area contributed by atoms with E-state index in [-0.39, 0.29) is 12.1 Å². The molecule has 27 heavy (non-hydrogen) atoms. The van der Waals surface area contributed by atoms with E-state index in [1.165, 1.54) is 29.9 Å². The molecule has 0 spiro atoms. The lowest BCUT2D eigenvalue weighted by Crippen LogP contribution is -2.38. The molecular weight excluding hydrogens is 355 g/mol. The average Bonchev–Trinajstić information content (AvgIpc) is 2.93. The van der Waals surface area contributed by atoms with E-state index in [1.54, 1.807) is 0 Å². The standard InChI is InChI=1S/C19H26F3N5/c1-5-23-18(24-7-6-15-9-13(2)8-14(3)10-15)25-11-16-12-27(4)26-17(16)19(20,21)22/h8-10,12H,5-7,11H2,1-4H3,(H2,23,24,25). The molecule has 0 bridgehead atoms. The summed E-state index contributed by atoms with van der Waals surface area (Å²) in [6.07, 6.45) is -2.33. The van der Waals surface area contributed by atoms with Gasteiger partial charge in [-0.25, -0.2) is 4.99 Å². The molecule has 148 valence electrons. The fraction of sp³-hybridized carbons (Fsp3) is 0.474. The molecule has 0 aliphatic carbocycles. The Morgan fingerprint density at radius 2 is 1.81 bits per heavy atom. The molecule has 1 aromatic carbocycles. The van der Waals surface area contributed by atoms with Crippen molar-refractivity contribution in [3.8, 4) is 0 Å². The van der Waals surface area contributed by atoms with Crippen LogP contribution in [0.3, 0.4) is 0 Å². The average molecular weight is 381 g/mol. The van der Waals surface area contributed by atoms with E-state index >= 15 is 0 Å². The lowest BCUT2D eigenvalue weighted by atomic mass is 10.1. The Morgan fingerprint density at radius 3 is 2.41 bits per heavy atom. The van der Waals surface area contributed by atoms with Crippen LogP contribution >= 0.6 is 0 Å². The van der Waals surface area contributed by atoms with Crippen LogP contribution < -0.4 is 10.6 Å². The van der Waals surface area contributed by atoms with E-state index < -0.39 is 11.9 Å². The molecule has 2 N–H and O–H groups in total. The first-order valence-corrected chi connectivity index (χ1v) is 8.88. The maximum absolute atomic E-state index is 13.0. The maximum Gasteiger partial charge on any atom is 0.435 e. The fourth-order valence-corrected chi connectivity index (χ4v) is 2.94. The highest BCUT2D eigenvalue weighted by molar-refractivity contribution is 5.79. The molecule has 0 atom stereocenters. The molecule has 0 unspecified atom stereocenters. The second-order valence-electron chi connectivity index (χ2n) is 6.54. The molecule has 0 saturated carbocycles. The highest BCUT2D eigenvalue weighted by Gasteiger charge is 2.36. The summed E-state index contributed by atoms with van der Waals surface area (Å²) in [5, 5.41) is 9.74. The first kappa shape index (κ1) is 20.8. The van der Waals surface area contributed by atoms with Gasteiger partial charge >= 0.3 is 6.18 Å². The van der Waals surface area contributed by atoms with E-state index in [0.717, 1.165) is 11.1 Å². The zero-order valence-corrected chi connectivity index (χ0v) is 16.1. The minimum atomic E-state index is -4.49. The number of aromatic nitrogens is 2. The summed E-state index contributed by atoms with van der Waals surface area (Å²) in [4.78, 5) is 4.28. The Bertz CT molecular complexity index is 773. The minimum Gasteiger partial charge on any atom is -0.357 e. The Balaban J connectivity index is 2.02. The summed E-state index contributed by atoms with van der Waals surface area (Å²) in [5.41, 5.74) is 2.79. The van der Waals surface area contributed by atoms with Crippen LogP contribution in [-0.4, -0.2) is 28.8 Å². The zero-order valence-electron chi connectivity index (χ0n) is 16.1. The van der Waals surface area contributed by atoms with Crippen LogP contribution in [0, 0.1) is 13.8 Å². The molecule has 0 saturated heterocycles. The van der Waals surface area contributed by atoms with Gasteiger partial charge in [0.2, 0.25) is 0 Å². The van der Waals surface area contributed by atoms with Crippen molar-refractivity contribution >= 4 is 5.96 Å². The predicted octanol–water partition coefficient (Wildman–Crippen LogP) is 3.35. The van der Waals surface area contributed by atoms with Crippen LogP contribution in [0.5, 0.6) is 0 Å². The van der Waals surface area contributed by atoms with Crippen LogP contribution in [0.4, 0.5) is 13.2 Å². The molecule has 0 fully saturated rings. The van der Waals surface area contributed by atoms with Crippen LogP contribution in [0.1, 0.15) is 34.9 Å². The number of nitrogens with zero attached hydrogens (tertiary/aromatic N) is 3.